The molecule has 0 saturated carbocycles. The zero-order valence-corrected chi connectivity index (χ0v) is 10.7. The molecule has 2 N–H and O–H groups in total. The van der Waals surface area contributed by atoms with Crippen molar-refractivity contribution >= 4 is 17.3 Å². The molecule has 2 rings (SSSR count). The minimum absolute atomic E-state index is 0.196. The quantitative estimate of drug-likeness (QED) is 0.853. The number of anilines is 1. The van der Waals surface area contributed by atoms with E-state index in [0.717, 1.165) is 11.1 Å². The van der Waals surface area contributed by atoms with Crippen molar-refractivity contribution in [2.45, 2.75) is 13.5 Å². The van der Waals surface area contributed by atoms with Gasteiger partial charge in [-0.1, -0.05) is 23.7 Å². The van der Waals surface area contributed by atoms with Crippen molar-refractivity contribution in [3.63, 3.8) is 0 Å². The van der Waals surface area contributed by atoms with Crippen LogP contribution in [0.25, 0.3) is 0 Å². The highest BCUT2D eigenvalue weighted by molar-refractivity contribution is 6.30. The Labute approximate surface area is 110 Å². The second-order valence-corrected chi connectivity index (χ2v) is 4.49. The van der Waals surface area contributed by atoms with Gasteiger partial charge in [0.25, 0.3) is 0 Å². The standard InChI is InChI=1S/C14H13ClFNO/c1-9-5-14(12(16)7-13(9)17)18-8-10-3-2-4-11(15)6-10/h2-7H,8,17H2,1H3. The van der Waals surface area contributed by atoms with E-state index in [0.29, 0.717) is 10.7 Å². The van der Waals surface area contributed by atoms with Gasteiger partial charge in [0, 0.05) is 16.8 Å². The smallest absolute Gasteiger partial charge is 0.167 e. The number of rotatable bonds is 3. The van der Waals surface area contributed by atoms with Crippen molar-refractivity contribution in [3.05, 3.63) is 58.4 Å². The maximum absolute atomic E-state index is 13.6. The van der Waals surface area contributed by atoms with E-state index in [1.165, 1.54) is 6.07 Å². The summed E-state index contributed by atoms with van der Waals surface area (Å²) < 4.78 is 19.0. The maximum Gasteiger partial charge on any atom is 0.167 e. The minimum Gasteiger partial charge on any atom is -0.486 e. The van der Waals surface area contributed by atoms with Gasteiger partial charge < -0.3 is 10.5 Å². The molecule has 0 saturated heterocycles. The van der Waals surface area contributed by atoms with Gasteiger partial charge in [0.1, 0.15) is 6.61 Å². The third-order valence-electron chi connectivity index (χ3n) is 2.60. The van der Waals surface area contributed by atoms with Gasteiger partial charge >= 0.3 is 0 Å². The van der Waals surface area contributed by atoms with Crippen molar-refractivity contribution in [1.82, 2.24) is 0 Å². The summed E-state index contributed by atoms with van der Waals surface area (Å²) >= 11 is 5.86. The van der Waals surface area contributed by atoms with Crippen LogP contribution >= 0.6 is 11.6 Å². The fourth-order valence-corrected chi connectivity index (χ4v) is 1.78. The first-order valence-corrected chi connectivity index (χ1v) is 5.87. The zero-order chi connectivity index (χ0) is 13.1. The largest absolute Gasteiger partial charge is 0.486 e. The molecule has 94 valence electrons. The van der Waals surface area contributed by atoms with Crippen molar-refractivity contribution in [3.8, 4) is 5.75 Å². The predicted molar refractivity (Wildman–Crippen MR) is 71.3 cm³/mol. The molecule has 0 amide bonds. The molecule has 2 aromatic carbocycles. The highest BCUT2D eigenvalue weighted by atomic mass is 35.5. The fourth-order valence-electron chi connectivity index (χ4n) is 1.57. The Balaban J connectivity index is 2.13. The molecular formula is C14H13ClFNO. The highest BCUT2D eigenvalue weighted by Gasteiger charge is 2.07. The van der Waals surface area contributed by atoms with Crippen molar-refractivity contribution < 1.29 is 9.13 Å². The van der Waals surface area contributed by atoms with Gasteiger partial charge in [0.15, 0.2) is 11.6 Å². The van der Waals surface area contributed by atoms with Crippen LogP contribution in [0.2, 0.25) is 5.02 Å². The van der Waals surface area contributed by atoms with Crippen LogP contribution in [0.4, 0.5) is 10.1 Å². The molecule has 0 radical (unpaired) electrons. The van der Waals surface area contributed by atoms with Crippen LogP contribution in [0, 0.1) is 12.7 Å². The van der Waals surface area contributed by atoms with E-state index >= 15 is 0 Å². The number of benzene rings is 2. The Morgan fingerprint density at radius 2 is 2.06 bits per heavy atom. The first-order valence-electron chi connectivity index (χ1n) is 5.49. The molecule has 0 aliphatic heterocycles. The summed E-state index contributed by atoms with van der Waals surface area (Å²) in [4.78, 5) is 0. The van der Waals surface area contributed by atoms with E-state index in [9.17, 15) is 4.39 Å². The number of nitrogen functional groups attached to an aromatic ring is 1. The Hall–Kier alpha value is -1.74. The molecule has 0 spiro atoms. The predicted octanol–water partition coefficient (Wildman–Crippen LogP) is 3.95. The molecule has 2 aromatic rings. The maximum atomic E-state index is 13.6. The molecule has 0 bridgehead atoms. The molecule has 0 fully saturated rings. The SMILES string of the molecule is Cc1cc(OCc2cccc(Cl)c2)c(F)cc1N. The van der Waals surface area contributed by atoms with Gasteiger partial charge in [-0.05, 0) is 36.2 Å². The Kier molecular flexibility index (Phi) is 3.72. The molecule has 0 aromatic heterocycles. The highest BCUT2D eigenvalue weighted by Crippen LogP contribution is 2.24. The number of nitrogens with two attached hydrogens (primary N) is 1. The molecule has 0 aliphatic carbocycles. The molecule has 4 heteroatoms. The summed E-state index contributed by atoms with van der Waals surface area (Å²) in [6.45, 7) is 2.07. The molecule has 0 aliphatic rings. The van der Waals surface area contributed by atoms with Gasteiger partial charge in [-0.3, -0.25) is 0 Å². The molecule has 0 unspecified atom stereocenters. The molecule has 18 heavy (non-hydrogen) atoms. The lowest BCUT2D eigenvalue weighted by Gasteiger charge is -2.09. The summed E-state index contributed by atoms with van der Waals surface area (Å²) in [5.74, 6) is -0.262. The molecular weight excluding hydrogens is 253 g/mol. The Bertz CT molecular complexity index is 572. The van der Waals surface area contributed by atoms with Gasteiger partial charge in [-0.15, -0.1) is 0 Å². The van der Waals surface area contributed by atoms with E-state index in [1.54, 1.807) is 25.1 Å². The van der Waals surface area contributed by atoms with Crippen LogP contribution in [-0.2, 0) is 6.61 Å². The Morgan fingerprint density at radius 3 is 2.78 bits per heavy atom. The summed E-state index contributed by atoms with van der Waals surface area (Å²) in [6, 6.07) is 10.1. The number of aryl methyl sites for hydroxylation is 1. The van der Waals surface area contributed by atoms with E-state index in [-0.39, 0.29) is 12.4 Å². The topological polar surface area (TPSA) is 35.2 Å². The van der Waals surface area contributed by atoms with Crippen molar-refractivity contribution in [1.29, 1.82) is 0 Å². The van der Waals surface area contributed by atoms with Gasteiger partial charge in [0.05, 0.1) is 0 Å². The lowest BCUT2D eigenvalue weighted by atomic mass is 10.2. The third-order valence-corrected chi connectivity index (χ3v) is 2.84. The van der Waals surface area contributed by atoms with Crippen LogP contribution in [0.1, 0.15) is 11.1 Å². The summed E-state index contributed by atoms with van der Waals surface area (Å²) in [6.07, 6.45) is 0. The van der Waals surface area contributed by atoms with Crippen LogP contribution in [0.5, 0.6) is 5.75 Å². The number of ether oxygens (including phenoxy) is 1. The van der Waals surface area contributed by atoms with E-state index < -0.39 is 5.82 Å². The normalized spacial score (nSPS) is 10.4. The molecule has 0 heterocycles. The van der Waals surface area contributed by atoms with Gasteiger partial charge in [0.2, 0.25) is 0 Å². The van der Waals surface area contributed by atoms with E-state index in [2.05, 4.69) is 0 Å². The second-order valence-electron chi connectivity index (χ2n) is 4.06. The fraction of sp³-hybridized carbons (Fsp3) is 0.143. The summed E-state index contributed by atoms with van der Waals surface area (Å²) in [5.41, 5.74) is 7.70. The molecule has 0 atom stereocenters. The van der Waals surface area contributed by atoms with Crippen LogP contribution in [0.3, 0.4) is 0 Å². The molecule has 2 nitrogen and oxygen atoms in total. The first kappa shape index (κ1) is 12.7. The van der Waals surface area contributed by atoms with Crippen molar-refractivity contribution in [2.75, 3.05) is 5.73 Å². The lowest BCUT2D eigenvalue weighted by molar-refractivity contribution is 0.290. The van der Waals surface area contributed by atoms with Gasteiger partial charge in [-0.2, -0.15) is 0 Å². The van der Waals surface area contributed by atoms with E-state index in [1.807, 2.05) is 12.1 Å². The monoisotopic (exact) mass is 265 g/mol. The minimum atomic E-state index is -0.458. The van der Waals surface area contributed by atoms with E-state index in [4.69, 9.17) is 22.1 Å². The zero-order valence-electron chi connectivity index (χ0n) is 9.91. The van der Waals surface area contributed by atoms with Gasteiger partial charge in [-0.25, -0.2) is 4.39 Å². The average Bonchev–Trinajstić information content (AvgIpc) is 2.32. The van der Waals surface area contributed by atoms with Crippen LogP contribution in [0.15, 0.2) is 36.4 Å². The third kappa shape index (κ3) is 2.93. The summed E-state index contributed by atoms with van der Waals surface area (Å²) in [5, 5.41) is 0.630. The van der Waals surface area contributed by atoms with Crippen LogP contribution in [-0.4, -0.2) is 0 Å². The Morgan fingerprint density at radius 1 is 1.28 bits per heavy atom. The summed E-state index contributed by atoms with van der Waals surface area (Å²) in [7, 11) is 0. The lowest BCUT2D eigenvalue weighted by Crippen LogP contribution is -1.99. The first-order chi connectivity index (χ1) is 8.56. The van der Waals surface area contributed by atoms with Crippen molar-refractivity contribution in [2.24, 2.45) is 0 Å². The van der Waals surface area contributed by atoms with Crippen LogP contribution < -0.4 is 10.5 Å². The average molecular weight is 266 g/mol. The number of hydrogen-bond donors (Lipinski definition) is 1. The number of hydrogen-bond acceptors (Lipinski definition) is 2. The second kappa shape index (κ2) is 5.27. The number of halogens is 2.